The van der Waals surface area contributed by atoms with Crippen LogP contribution in [0.4, 0.5) is 0 Å². The molecule has 118 valence electrons. The number of amides is 1. The minimum atomic E-state index is -0.338. The smallest absolute Gasteiger partial charge is 0.338 e. The quantitative estimate of drug-likeness (QED) is 0.884. The second-order valence-corrected chi connectivity index (χ2v) is 5.70. The van der Waals surface area contributed by atoms with Gasteiger partial charge in [0.05, 0.1) is 0 Å². The second kappa shape index (κ2) is 7.05. The number of hydrogen-bond donors (Lipinski definition) is 1. The summed E-state index contributed by atoms with van der Waals surface area (Å²) in [4.78, 5) is 32.0. The summed E-state index contributed by atoms with van der Waals surface area (Å²) >= 11 is 0. The third kappa shape index (κ3) is 3.94. The predicted octanol–water partition coefficient (Wildman–Crippen LogP) is 2.19. The Bertz CT molecular complexity index is 752. The van der Waals surface area contributed by atoms with Gasteiger partial charge in [-0.1, -0.05) is 30.3 Å². The van der Waals surface area contributed by atoms with Gasteiger partial charge in [0.2, 0.25) is 5.91 Å². The molecule has 1 unspecified atom stereocenters. The zero-order valence-electron chi connectivity index (χ0n) is 12.8. The Morgan fingerprint density at radius 3 is 2.87 bits per heavy atom. The molecule has 1 amide bonds. The monoisotopic (exact) mass is 309 g/mol. The van der Waals surface area contributed by atoms with Gasteiger partial charge in [-0.2, -0.15) is 0 Å². The van der Waals surface area contributed by atoms with E-state index >= 15 is 0 Å². The summed E-state index contributed by atoms with van der Waals surface area (Å²) in [5.41, 5.74) is 1.53. The van der Waals surface area contributed by atoms with Gasteiger partial charge >= 0.3 is 5.69 Å². The molecule has 1 atom stereocenters. The maximum Gasteiger partial charge on any atom is 0.345 e. The minimum absolute atomic E-state index is 0.00922. The van der Waals surface area contributed by atoms with Crippen LogP contribution in [0.3, 0.4) is 0 Å². The average Bonchev–Trinajstić information content (AvgIpc) is 2.61. The number of rotatable bonds is 3. The highest BCUT2D eigenvalue weighted by atomic mass is 16.2. The van der Waals surface area contributed by atoms with E-state index in [1.165, 1.54) is 6.20 Å². The molecule has 1 aromatic carbocycles. The molecule has 0 saturated carbocycles. The standard InChI is InChI=1S/C18H19N3O2/c22-17(9-8-14-5-2-1-3-6-14)21-12-4-7-15(13-21)16-10-11-19-18(23)20-16/h1-3,5-6,8-11,15H,4,7,12-13H2,(H,19,20,23)/b9-8+. The molecular weight excluding hydrogens is 290 g/mol. The maximum atomic E-state index is 12.4. The number of benzene rings is 1. The fourth-order valence-corrected chi connectivity index (χ4v) is 2.89. The van der Waals surface area contributed by atoms with Crippen LogP contribution < -0.4 is 5.69 Å². The number of nitrogens with zero attached hydrogens (tertiary/aromatic N) is 2. The number of H-pyrrole nitrogens is 1. The van der Waals surface area contributed by atoms with Crippen LogP contribution in [0.5, 0.6) is 0 Å². The van der Waals surface area contributed by atoms with Crippen LogP contribution in [0.1, 0.15) is 30.0 Å². The molecule has 5 heteroatoms. The van der Waals surface area contributed by atoms with Crippen molar-refractivity contribution in [3.8, 4) is 0 Å². The van der Waals surface area contributed by atoms with Gasteiger partial charge in [0.1, 0.15) is 0 Å². The Kier molecular flexibility index (Phi) is 4.66. The number of carbonyl (C=O) groups is 1. The predicted molar refractivity (Wildman–Crippen MR) is 88.9 cm³/mol. The van der Waals surface area contributed by atoms with Crippen molar-refractivity contribution in [2.75, 3.05) is 13.1 Å². The van der Waals surface area contributed by atoms with E-state index in [1.54, 1.807) is 6.08 Å². The van der Waals surface area contributed by atoms with Crippen LogP contribution in [0.25, 0.3) is 6.08 Å². The highest BCUT2D eigenvalue weighted by Crippen LogP contribution is 2.24. The lowest BCUT2D eigenvalue weighted by molar-refractivity contribution is -0.127. The number of nitrogens with one attached hydrogen (secondary N) is 1. The Labute approximate surface area is 134 Å². The maximum absolute atomic E-state index is 12.4. The molecule has 1 aliphatic heterocycles. The Balaban J connectivity index is 1.67. The molecule has 0 radical (unpaired) electrons. The molecule has 1 saturated heterocycles. The van der Waals surface area contributed by atoms with Gasteiger partial charge in [0, 0.05) is 37.0 Å². The van der Waals surface area contributed by atoms with Crippen LogP contribution in [-0.4, -0.2) is 33.9 Å². The van der Waals surface area contributed by atoms with E-state index < -0.39 is 0 Å². The van der Waals surface area contributed by atoms with Crippen LogP contribution in [0, 0.1) is 0 Å². The van der Waals surface area contributed by atoms with Gasteiger partial charge in [-0.15, -0.1) is 0 Å². The SMILES string of the molecule is O=C(/C=C/c1ccccc1)N1CCCC(c2ccnc(=O)[nH]2)C1. The molecular formula is C18H19N3O2. The minimum Gasteiger partial charge on any atom is -0.338 e. The number of hydrogen-bond acceptors (Lipinski definition) is 3. The molecule has 1 aliphatic rings. The Hall–Kier alpha value is -2.69. The normalized spacial score (nSPS) is 18.3. The molecule has 0 spiro atoms. The third-order valence-corrected chi connectivity index (χ3v) is 4.09. The van der Waals surface area contributed by atoms with Gasteiger partial charge in [-0.05, 0) is 30.5 Å². The third-order valence-electron chi connectivity index (χ3n) is 4.09. The van der Waals surface area contributed by atoms with Crippen molar-refractivity contribution in [3.05, 3.63) is 70.4 Å². The lowest BCUT2D eigenvalue weighted by Gasteiger charge is -2.32. The van der Waals surface area contributed by atoms with Crippen molar-refractivity contribution in [2.45, 2.75) is 18.8 Å². The van der Waals surface area contributed by atoms with E-state index in [0.717, 1.165) is 30.6 Å². The zero-order valence-corrected chi connectivity index (χ0v) is 12.8. The van der Waals surface area contributed by atoms with Gasteiger partial charge in [0.15, 0.2) is 0 Å². The van der Waals surface area contributed by atoms with Crippen molar-refractivity contribution in [2.24, 2.45) is 0 Å². The fraction of sp³-hybridized carbons (Fsp3) is 0.278. The van der Waals surface area contributed by atoms with Crippen molar-refractivity contribution < 1.29 is 4.79 Å². The van der Waals surface area contributed by atoms with E-state index in [4.69, 9.17) is 0 Å². The largest absolute Gasteiger partial charge is 0.345 e. The van der Waals surface area contributed by atoms with Crippen LogP contribution in [-0.2, 0) is 4.79 Å². The van der Waals surface area contributed by atoms with Crippen LogP contribution >= 0.6 is 0 Å². The molecule has 5 nitrogen and oxygen atoms in total. The summed E-state index contributed by atoms with van der Waals surface area (Å²) in [6.07, 6.45) is 6.86. The molecule has 3 rings (SSSR count). The van der Waals surface area contributed by atoms with Gasteiger partial charge in [-0.25, -0.2) is 9.78 Å². The van der Waals surface area contributed by atoms with E-state index in [1.807, 2.05) is 47.4 Å². The van der Waals surface area contributed by atoms with Crippen molar-refractivity contribution in [1.82, 2.24) is 14.9 Å². The summed E-state index contributed by atoms with van der Waals surface area (Å²) in [5.74, 6) is 0.170. The molecule has 0 bridgehead atoms. The first-order valence-corrected chi connectivity index (χ1v) is 7.79. The van der Waals surface area contributed by atoms with Gasteiger partial charge in [-0.3, -0.25) is 4.79 Å². The van der Waals surface area contributed by atoms with E-state index in [-0.39, 0.29) is 17.5 Å². The van der Waals surface area contributed by atoms with Gasteiger partial charge < -0.3 is 9.88 Å². The second-order valence-electron chi connectivity index (χ2n) is 5.70. The Morgan fingerprint density at radius 2 is 2.09 bits per heavy atom. The lowest BCUT2D eigenvalue weighted by Crippen LogP contribution is -2.38. The summed E-state index contributed by atoms with van der Waals surface area (Å²) in [5, 5.41) is 0. The van der Waals surface area contributed by atoms with Crippen molar-refractivity contribution in [3.63, 3.8) is 0 Å². The highest BCUT2D eigenvalue weighted by Gasteiger charge is 2.24. The Morgan fingerprint density at radius 1 is 1.26 bits per heavy atom. The van der Waals surface area contributed by atoms with Crippen LogP contribution in [0.2, 0.25) is 0 Å². The fourth-order valence-electron chi connectivity index (χ4n) is 2.89. The summed E-state index contributed by atoms with van der Waals surface area (Å²) in [6.45, 7) is 1.38. The molecule has 1 aromatic heterocycles. The van der Waals surface area contributed by atoms with Gasteiger partial charge in [0.25, 0.3) is 0 Å². The molecule has 1 fully saturated rings. The number of aromatic amines is 1. The van der Waals surface area contributed by atoms with E-state index in [9.17, 15) is 9.59 Å². The number of piperidine rings is 1. The van der Waals surface area contributed by atoms with E-state index in [2.05, 4.69) is 9.97 Å². The zero-order chi connectivity index (χ0) is 16.1. The molecule has 2 heterocycles. The van der Waals surface area contributed by atoms with Crippen LogP contribution in [0.15, 0.2) is 53.5 Å². The lowest BCUT2D eigenvalue weighted by atomic mass is 9.94. The first-order valence-electron chi connectivity index (χ1n) is 7.79. The molecule has 1 N–H and O–H groups in total. The number of carbonyl (C=O) groups excluding carboxylic acids is 1. The first kappa shape index (κ1) is 15.2. The van der Waals surface area contributed by atoms with Crippen molar-refractivity contribution >= 4 is 12.0 Å². The number of likely N-dealkylation sites (tertiary alicyclic amines) is 1. The summed E-state index contributed by atoms with van der Waals surface area (Å²) in [6, 6.07) is 11.6. The molecule has 2 aromatic rings. The molecule has 23 heavy (non-hydrogen) atoms. The molecule has 0 aliphatic carbocycles. The van der Waals surface area contributed by atoms with E-state index in [0.29, 0.717) is 6.54 Å². The summed E-state index contributed by atoms with van der Waals surface area (Å²) < 4.78 is 0. The summed E-state index contributed by atoms with van der Waals surface area (Å²) in [7, 11) is 0. The number of aromatic nitrogens is 2. The van der Waals surface area contributed by atoms with Crippen molar-refractivity contribution in [1.29, 1.82) is 0 Å². The average molecular weight is 309 g/mol. The first-order chi connectivity index (χ1) is 11.2. The topological polar surface area (TPSA) is 66.1 Å². The highest BCUT2D eigenvalue weighted by molar-refractivity contribution is 5.91.